The molecule has 1 aliphatic heterocycles. The van der Waals surface area contributed by atoms with Crippen LogP contribution in [0.5, 0.6) is 0 Å². The molecule has 1 aromatic rings. The SMILES string of the molecule is CCC1CCSC(Nc2ccc(F)c(Br)c2)=N1. The van der Waals surface area contributed by atoms with Gasteiger partial charge in [0.15, 0.2) is 5.17 Å². The summed E-state index contributed by atoms with van der Waals surface area (Å²) in [5.74, 6) is 0.840. The Balaban J connectivity index is 2.09. The summed E-state index contributed by atoms with van der Waals surface area (Å²) in [6.45, 7) is 2.15. The molecule has 0 aliphatic carbocycles. The van der Waals surface area contributed by atoms with E-state index in [0.29, 0.717) is 10.5 Å². The van der Waals surface area contributed by atoms with Crippen molar-refractivity contribution < 1.29 is 4.39 Å². The fraction of sp³-hybridized carbons (Fsp3) is 0.417. The van der Waals surface area contributed by atoms with Crippen LogP contribution < -0.4 is 5.32 Å². The highest BCUT2D eigenvalue weighted by Gasteiger charge is 2.14. The monoisotopic (exact) mass is 316 g/mol. The molecule has 2 rings (SSSR count). The fourth-order valence-corrected chi connectivity index (χ4v) is 3.00. The number of nitrogens with zero attached hydrogens (tertiary/aromatic N) is 1. The number of halogens is 2. The first-order chi connectivity index (χ1) is 8.19. The number of benzene rings is 1. The van der Waals surface area contributed by atoms with Gasteiger partial charge in [-0.25, -0.2) is 4.39 Å². The minimum absolute atomic E-state index is 0.250. The average molecular weight is 317 g/mol. The summed E-state index contributed by atoms with van der Waals surface area (Å²) in [6.07, 6.45) is 2.21. The highest BCUT2D eigenvalue weighted by atomic mass is 79.9. The second-order valence-corrected chi connectivity index (χ2v) is 5.83. The molecule has 1 unspecified atom stereocenters. The number of anilines is 1. The van der Waals surface area contributed by atoms with Crippen molar-refractivity contribution in [2.24, 2.45) is 4.99 Å². The van der Waals surface area contributed by atoms with Crippen LogP contribution in [0.4, 0.5) is 10.1 Å². The first-order valence-corrected chi connectivity index (χ1v) is 7.39. The molecular weight excluding hydrogens is 303 g/mol. The van der Waals surface area contributed by atoms with Crippen molar-refractivity contribution in [1.82, 2.24) is 0 Å². The Labute approximate surface area is 113 Å². The van der Waals surface area contributed by atoms with Crippen molar-refractivity contribution in [3.8, 4) is 0 Å². The van der Waals surface area contributed by atoms with Crippen molar-refractivity contribution >= 4 is 38.5 Å². The van der Waals surface area contributed by atoms with E-state index in [-0.39, 0.29) is 5.82 Å². The molecule has 1 heterocycles. The van der Waals surface area contributed by atoms with Gasteiger partial charge in [0.25, 0.3) is 0 Å². The van der Waals surface area contributed by atoms with Crippen LogP contribution >= 0.6 is 27.7 Å². The molecule has 0 saturated carbocycles. The first-order valence-electron chi connectivity index (χ1n) is 5.61. The number of nitrogens with one attached hydrogen (secondary N) is 1. The third-order valence-corrected chi connectivity index (χ3v) is 4.16. The zero-order valence-corrected chi connectivity index (χ0v) is 11.9. The highest BCUT2D eigenvalue weighted by molar-refractivity contribution is 9.10. The van der Waals surface area contributed by atoms with Gasteiger partial charge >= 0.3 is 0 Å². The topological polar surface area (TPSA) is 24.4 Å². The predicted octanol–water partition coefficient (Wildman–Crippen LogP) is 4.27. The lowest BCUT2D eigenvalue weighted by atomic mass is 10.2. The molecule has 0 aromatic heterocycles. The Morgan fingerprint density at radius 1 is 1.59 bits per heavy atom. The van der Waals surface area contributed by atoms with Crippen molar-refractivity contribution in [2.75, 3.05) is 11.1 Å². The number of hydrogen-bond donors (Lipinski definition) is 1. The molecule has 0 radical (unpaired) electrons. The van der Waals surface area contributed by atoms with Gasteiger partial charge in [-0.3, -0.25) is 4.99 Å². The maximum Gasteiger partial charge on any atom is 0.161 e. The van der Waals surface area contributed by atoms with E-state index in [4.69, 9.17) is 0 Å². The summed E-state index contributed by atoms with van der Waals surface area (Å²) >= 11 is 4.89. The molecule has 92 valence electrons. The van der Waals surface area contributed by atoms with Crippen molar-refractivity contribution in [1.29, 1.82) is 0 Å². The van der Waals surface area contributed by atoms with Gasteiger partial charge in [-0.15, -0.1) is 0 Å². The molecule has 0 fully saturated rings. The van der Waals surface area contributed by atoms with Gasteiger partial charge in [0.05, 0.1) is 10.5 Å². The third-order valence-electron chi connectivity index (χ3n) is 2.63. The minimum atomic E-state index is -0.250. The summed E-state index contributed by atoms with van der Waals surface area (Å²) in [5.41, 5.74) is 0.862. The largest absolute Gasteiger partial charge is 0.335 e. The summed E-state index contributed by atoms with van der Waals surface area (Å²) in [4.78, 5) is 4.61. The van der Waals surface area contributed by atoms with Crippen LogP contribution in [0.25, 0.3) is 0 Å². The van der Waals surface area contributed by atoms with Crippen LogP contribution in [0.1, 0.15) is 19.8 Å². The fourth-order valence-electron chi connectivity index (χ4n) is 1.62. The van der Waals surface area contributed by atoms with E-state index in [1.807, 2.05) is 0 Å². The lowest BCUT2D eigenvalue weighted by Crippen LogP contribution is -2.19. The molecule has 5 heteroatoms. The molecule has 1 N–H and O–H groups in total. The molecule has 17 heavy (non-hydrogen) atoms. The van der Waals surface area contributed by atoms with E-state index in [2.05, 4.69) is 33.2 Å². The quantitative estimate of drug-likeness (QED) is 0.881. The Morgan fingerprint density at radius 2 is 2.41 bits per heavy atom. The average Bonchev–Trinajstić information content (AvgIpc) is 2.34. The zero-order valence-electron chi connectivity index (χ0n) is 9.54. The molecule has 0 saturated heterocycles. The third kappa shape index (κ3) is 3.45. The highest BCUT2D eigenvalue weighted by Crippen LogP contribution is 2.24. The number of rotatable bonds is 2. The maximum atomic E-state index is 13.1. The second kappa shape index (κ2) is 5.87. The summed E-state index contributed by atoms with van der Waals surface area (Å²) < 4.78 is 13.6. The van der Waals surface area contributed by atoms with Gasteiger partial charge in [-0.05, 0) is 47.0 Å². The summed E-state index contributed by atoms with van der Waals surface area (Å²) in [5, 5.41) is 4.16. The van der Waals surface area contributed by atoms with Crippen molar-refractivity contribution in [2.45, 2.75) is 25.8 Å². The predicted molar refractivity (Wildman–Crippen MR) is 76.3 cm³/mol. The molecule has 0 amide bonds. The number of hydrogen-bond acceptors (Lipinski definition) is 3. The van der Waals surface area contributed by atoms with Crippen LogP contribution in [-0.2, 0) is 0 Å². The van der Waals surface area contributed by atoms with Crippen LogP contribution in [0.2, 0.25) is 0 Å². The van der Waals surface area contributed by atoms with Gasteiger partial charge in [-0.1, -0.05) is 18.7 Å². The van der Waals surface area contributed by atoms with Crippen LogP contribution in [0.3, 0.4) is 0 Å². The minimum Gasteiger partial charge on any atom is -0.335 e. The van der Waals surface area contributed by atoms with Crippen LogP contribution in [0, 0.1) is 5.82 Å². The van der Waals surface area contributed by atoms with E-state index in [1.54, 1.807) is 23.9 Å². The molecule has 1 atom stereocenters. The Morgan fingerprint density at radius 3 is 3.12 bits per heavy atom. The Kier molecular flexibility index (Phi) is 4.45. The van der Waals surface area contributed by atoms with Gasteiger partial charge < -0.3 is 5.32 Å². The normalized spacial score (nSPS) is 19.9. The lowest BCUT2D eigenvalue weighted by Gasteiger charge is -2.19. The second-order valence-electron chi connectivity index (χ2n) is 3.89. The standard InChI is InChI=1S/C12H14BrFN2S/c1-2-8-5-6-17-12(15-8)16-9-3-4-11(14)10(13)7-9/h3-4,7-8H,2,5-6H2,1H3,(H,15,16). The van der Waals surface area contributed by atoms with E-state index in [0.717, 1.165) is 29.4 Å². The number of amidine groups is 1. The summed E-state index contributed by atoms with van der Waals surface area (Å²) in [7, 11) is 0. The van der Waals surface area contributed by atoms with Gasteiger partial charge in [0, 0.05) is 11.4 Å². The summed E-state index contributed by atoms with van der Waals surface area (Å²) in [6, 6.07) is 5.31. The molecule has 1 aromatic carbocycles. The van der Waals surface area contributed by atoms with Crippen molar-refractivity contribution in [3.63, 3.8) is 0 Å². The number of thioether (sulfide) groups is 1. The lowest BCUT2D eigenvalue weighted by molar-refractivity contribution is 0.621. The van der Waals surface area contributed by atoms with E-state index < -0.39 is 0 Å². The van der Waals surface area contributed by atoms with Crippen molar-refractivity contribution in [3.05, 3.63) is 28.5 Å². The van der Waals surface area contributed by atoms with Gasteiger partial charge in [0.1, 0.15) is 5.82 Å². The molecular formula is C12H14BrFN2S. The van der Waals surface area contributed by atoms with Gasteiger partial charge in [-0.2, -0.15) is 0 Å². The Hall–Kier alpha value is -0.550. The zero-order chi connectivity index (χ0) is 12.3. The molecule has 0 spiro atoms. The molecule has 0 bridgehead atoms. The molecule has 1 aliphatic rings. The van der Waals surface area contributed by atoms with Crippen LogP contribution in [0.15, 0.2) is 27.7 Å². The van der Waals surface area contributed by atoms with Gasteiger partial charge in [0.2, 0.25) is 0 Å². The van der Waals surface area contributed by atoms with E-state index in [1.165, 1.54) is 6.07 Å². The van der Waals surface area contributed by atoms with Crippen LogP contribution in [-0.4, -0.2) is 17.0 Å². The first kappa shape index (κ1) is 12.9. The molecule has 2 nitrogen and oxygen atoms in total. The van der Waals surface area contributed by atoms with E-state index >= 15 is 0 Å². The maximum absolute atomic E-state index is 13.1. The Bertz CT molecular complexity index is 437. The van der Waals surface area contributed by atoms with E-state index in [9.17, 15) is 4.39 Å². The smallest absolute Gasteiger partial charge is 0.161 e. The number of aliphatic imine (C=N–C) groups is 1.